The summed E-state index contributed by atoms with van der Waals surface area (Å²) in [6.07, 6.45) is 7.57. The Labute approximate surface area is 135 Å². The second-order valence-corrected chi connectivity index (χ2v) is 5.13. The number of methoxy groups -OCH3 is 2. The fraction of sp³-hybridized carbons (Fsp3) is 0.294. The van der Waals surface area contributed by atoms with Crippen molar-refractivity contribution in [3.05, 3.63) is 48.5 Å². The van der Waals surface area contributed by atoms with E-state index in [1.54, 1.807) is 20.4 Å². The fourth-order valence-electron chi connectivity index (χ4n) is 2.56. The van der Waals surface area contributed by atoms with E-state index in [0.717, 1.165) is 34.9 Å². The molecule has 3 aromatic rings. The van der Waals surface area contributed by atoms with E-state index >= 15 is 0 Å². The second kappa shape index (κ2) is 6.66. The van der Waals surface area contributed by atoms with Crippen LogP contribution in [0.1, 0.15) is 12.5 Å². The molecule has 0 aliphatic rings. The standard InChI is InChI=1S/C17H20N4O2/c1-4-20-11-15(10-19-20)21-8-7-18-17(21)13-5-6-16(23-3)14(9-13)12-22-2/h5-11H,4,12H2,1-3H3. The van der Waals surface area contributed by atoms with Gasteiger partial charge in [0.1, 0.15) is 11.6 Å². The number of benzene rings is 1. The lowest BCUT2D eigenvalue weighted by Gasteiger charge is -2.11. The minimum atomic E-state index is 0.492. The van der Waals surface area contributed by atoms with Gasteiger partial charge in [-0.15, -0.1) is 0 Å². The summed E-state index contributed by atoms with van der Waals surface area (Å²) in [6.45, 7) is 3.39. The molecule has 6 heteroatoms. The van der Waals surface area contributed by atoms with E-state index in [1.807, 2.05) is 46.0 Å². The zero-order valence-corrected chi connectivity index (χ0v) is 13.6. The van der Waals surface area contributed by atoms with Gasteiger partial charge in [0, 0.05) is 43.4 Å². The Bertz CT molecular complexity index is 791. The molecule has 0 saturated heterocycles. The van der Waals surface area contributed by atoms with Crippen LogP contribution in [0.4, 0.5) is 0 Å². The largest absolute Gasteiger partial charge is 0.496 e. The fourth-order valence-corrected chi connectivity index (χ4v) is 2.56. The van der Waals surface area contributed by atoms with Crippen molar-refractivity contribution in [2.24, 2.45) is 0 Å². The summed E-state index contributed by atoms with van der Waals surface area (Å²) in [6, 6.07) is 5.99. The van der Waals surface area contributed by atoms with E-state index in [2.05, 4.69) is 17.0 Å². The minimum Gasteiger partial charge on any atom is -0.496 e. The van der Waals surface area contributed by atoms with Crippen molar-refractivity contribution in [1.29, 1.82) is 0 Å². The Hall–Kier alpha value is -2.60. The maximum absolute atomic E-state index is 5.38. The zero-order chi connectivity index (χ0) is 16.2. The van der Waals surface area contributed by atoms with Crippen molar-refractivity contribution in [3.63, 3.8) is 0 Å². The third-order valence-electron chi connectivity index (χ3n) is 3.70. The minimum absolute atomic E-state index is 0.492. The molecular formula is C17H20N4O2. The van der Waals surface area contributed by atoms with E-state index < -0.39 is 0 Å². The highest BCUT2D eigenvalue weighted by Gasteiger charge is 2.12. The summed E-state index contributed by atoms with van der Waals surface area (Å²) in [5.74, 6) is 1.67. The first-order valence-electron chi connectivity index (χ1n) is 7.49. The number of nitrogens with zero attached hydrogens (tertiary/aromatic N) is 4. The van der Waals surface area contributed by atoms with E-state index in [9.17, 15) is 0 Å². The van der Waals surface area contributed by atoms with Crippen LogP contribution in [0.2, 0.25) is 0 Å². The topological polar surface area (TPSA) is 54.1 Å². The van der Waals surface area contributed by atoms with Crippen LogP contribution in [-0.2, 0) is 17.9 Å². The smallest absolute Gasteiger partial charge is 0.144 e. The Morgan fingerprint density at radius 1 is 1.22 bits per heavy atom. The van der Waals surface area contributed by atoms with Gasteiger partial charge in [-0.25, -0.2) is 4.98 Å². The molecule has 2 heterocycles. The van der Waals surface area contributed by atoms with Gasteiger partial charge < -0.3 is 9.47 Å². The number of rotatable bonds is 6. The molecule has 0 aliphatic heterocycles. The number of aromatic nitrogens is 4. The Balaban J connectivity index is 2.03. The lowest BCUT2D eigenvalue weighted by molar-refractivity contribution is 0.181. The summed E-state index contributed by atoms with van der Waals surface area (Å²) in [5.41, 5.74) is 2.99. The molecule has 0 N–H and O–H groups in total. The SMILES string of the molecule is CCn1cc(-n2ccnc2-c2ccc(OC)c(COC)c2)cn1. The zero-order valence-electron chi connectivity index (χ0n) is 13.6. The van der Waals surface area contributed by atoms with E-state index in [1.165, 1.54) is 0 Å². The van der Waals surface area contributed by atoms with Crippen LogP contribution in [-0.4, -0.2) is 33.6 Å². The molecule has 6 nitrogen and oxygen atoms in total. The average Bonchev–Trinajstić information content (AvgIpc) is 3.23. The first-order valence-corrected chi connectivity index (χ1v) is 7.49. The maximum Gasteiger partial charge on any atom is 0.144 e. The molecule has 0 spiro atoms. The number of ether oxygens (including phenoxy) is 2. The molecular weight excluding hydrogens is 292 g/mol. The molecule has 120 valence electrons. The van der Waals surface area contributed by atoms with Gasteiger partial charge in [0.2, 0.25) is 0 Å². The van der Waals surface area contributed by atoms with Crippen LogP contribution in [0.25, 0.3) is 17.1 Å². The predicted octanol–water partition coefficient (Wildman–Crippen LogP) is 2.91. The Morgan fingerprint density at radius 2 is 2.09 bits per heavy atom. The van der Waals surface area contributed by atoms with Gasteiger partial charge in [-0.3, -0.25) is 9.25 Å². The number of hydrogen-bond acceptors (Lipinski definition) is 4. The van der Waals surface area contributed by atoms with Crippen molar-refractivity contribution >= 4 is 0 Å². The molecule has 23 heavy (non-hydrogen) atoms. The van der Waals surface area contributed by atoms with Crippen molar-refractivity contribution in [2.45, 2.75) is 20.1 Å². The van der Waals surface area contributed by atoms with Gasteiger partial charge in [0.05, 0.1) is 25.6 Å². The summed E-state index contributed by atoms with van der Waals surface area (Å²) in [5, 5.41) is 4.33. The monoisotopic (exact) mass is 312 g/mol. The molecule has 0 saturated carbocycles. The normalized spacial score (nSPS) is 10.9. The second-order valence-electron chi connectivity index (χ2n) is 5.13. The molecule has 2 aromatic heterocycles. The van der Waals surface area contributed by atoms with Gasteiger partial charge in [0.25, 0.3) is 0 Å². The highest BCUT2D eigenvalue weighted by Crippen LogP contribution is 2.27. The summed E-state index contributed by atoms with van der Waals surface area (Å²) >= 11 is 0. The first-order chi connectivity index (χ1) is 11.3. The summed E-state index contributed by atoms with van der Waals surface area (Å²) < 4.78 is 14.6. The lowest BCUT2D eigenvalue weighted by Crippen LogP contribution is -1.98. The number of hydrogen-bond donors (Lipinski definition) is 0. The van der Waals surface area contributed by atoms with Gasteiger partial charge in [0.15, 0.2) is 0 Å². The van der Waals surface area contributed by atoms with Gasteiger partial charge >= 0.3 is 0 Å². The van der Waals surface area contributed by atoms with E-state index in [-0.39, 0.29) is 0 Å². The van der Waals surface area contributed by atoms with E-state index in [4.69, 9.17) is 9.47 Å². The van der Waals surface area contributed by atoms with Gasteiger partial charge in [-0.05, 0) is 25.1 Å². The van der Waals surface area contributed by atoms with Crippen LogP contribution >= 0.6 is 0 Å². The molecule has 0 amide bonds. The summed E-state index contributed by atoms with van der Waals surface area (Å²) in [7, 11) is 3.33. The van der Waals surface area contributed by atoms with Gasteiger partial charge in [-0.2, -0.15) is 5.10 Å². The molecule has 0 fully saturated rings. The van der Waals surface area contributed by atoms with Crippen LogP contribution in [0.15, 0.2) is 43.0 Å². The number of imidazole rings is 1. The quantitative estimate of drug-likeness (QED) is 0.702. The molecule has 0 radical (unpaired) electrons. The molecule has 3 rings (SSSR count). The van der Waals surface area contributed by atoms with Crippen molar-refractivity contribution in [3.8, 4) is 22.8 Å². The van der Waals surface area contributed by atoms with Crippen molar-refractivity contribution in [1.82, 2.24) is 19.3 Å². The van der Waals surface area contributed by atoms with Crippen molar-refractivity contribution < 1.29 is 9.47 Å². The molecule has 1 aromatic carbocycles. The Morgan fingerprint density at radius 3 is 2.78 bits per heavy atom. The third kappa shape index (κ3) is 2.98. The average molecular weight is 312 g/mol. The highest BCUT2D eigenvalue weighted by atomic mass is 16.5. The third-order valence-corrected chi connectivity index (χ3v) is 3.70. The first kappa shape index (κ1) is 15.3. The lowest BCUT2D eigenvalue weighted by atomic mass is 10.1. The van der Waals surface area contributed by atoms with Crippen LogP contribution in [0.3, 0.4) is 0 Å². The molecule has 0 aliphatic carbocycles. The molecule has 0 bridgehead atoms. The van der Waals surface area contributed by atoms with Crippen LogP contribution < -0.4 is 4.74 Å². The highest BCUT2D eigenvalue weighted by molar-refractivity contribution is 5.61. The molecule has 0 unspecified atom stereocenters. The predicted molar refractivity (Wildman–Crippen MR) is 87.7 cm³/mol. The maximum atomic E-state index is 5.38. The Kier molecular flexibility index (Phi) is 4.43. The van der Waals surface area contributed by atoms with E-state index in [0.29, 0.717) is 6.61 Å². The molecule has 0 atom stereocenters. The number of aryl methyl sites for hydroxylation is 1. The van der Waals surface area contributed by atoms with Crippen molar-refractivity contribution in [2.75, 3.05) is 14.2 Å². The van der Waals surface area contributed by atoms with Crippen LogP contribution in [0.5, 0.6) is 5.75 Å². The van der Waals surface area contributed by atoms with Crippen LogP contribution in [0, 0.1) is 0 Å². The van der Waals surface area contributed by atoms with Gasteiger partial charge in [-0.1, -0.05) is 0 Å². The summed E-state index contributed by atoms with van der Waals surface area (Å²) in [4.78, 5) is 4.50.